The average Bonchev–Trinajstić information content (AvgIpc) is 3.12. The number of hydrogen-bond donors (Lipinski definition) is 2. The number of hydrazine groups is 1. The van der Waals surface area contributed by atoms with Gasteiger partial charge in [-0.1, -0.05) is 13.0 Å². The Labute approximate surface area is 137 Å². The predicted molar refractivity (Wildman–Crippen MR) is 86.5 cm³/mol. The van der Waals surface area contributed by atoms with Crippen LogP contribution in [0.2, 0.25) is 0 Å². The van der Waals surface area contributed by atoms with Crippen LogP contribution in [0.15, 0.2) is 41.8 Å². The van der Waals surface area contributed by atoms with Gasteiger partial charge in [-0.15, -0.1) is 11.3 Å². The molecule has 0 atom stereocenters. The second kappa shape index (κ2) is 8.09. The van der Waals surface area contributed by atoms with E-state index >= 15 is 0 Å². The molecular weight excluding hydrogens is 316 g/mol. The van der Waals surface area contributed by atoms with Gasteiger partial charge in [-0.25, -0.2) is 0 Å². The van der Waals surface area contributed by atoms with Crippen molar-refractivity contribution in [2.24, 2.45) is 0 Å². The first-order chi connectivity index (χ1) is 11.1. The zero-order valence-electron chi connectivity index (χ0n) is 12.5. The molecule has 0 saturated carbocycles. The summed E-state index contributed by atoms with van der Waals surface area (Å²) in [5.41, 5.74) is 5.17. The lowest BCUT2D eigenvalue weighted by Crippen LogP contribution is -2.43. The van der Waals surface area contributed by atoms with Crippen molar-refractivity contribution in [3.05, 3.63) is 52.2 Å². The molecule has 0 unspecified atom stereocenters. The molecule has 2 aromatic rings. The summed E-state index contributed by atoms with van der Waals surface area (Å²) in [7, 11) is 0. The van der Waals surface area contributed by atoms with Crippen molar-refractivity contribution in [2.75, 3.05) is 6.61 Å². The third-order valence-corrected chi connectivity index (χ3v) is 3.80. The molecule has 0 spiro atoms. The number of nitrogens with one attached hydrogen (secondary N) is 2. The fourth-order valence-corrected chi connectivity index (χ4v) is 2.34. The summed E-state index contributed by atoms with van der Waals surface area (Å²) >= 11 is 1.28. The molecule has 23 heavy (non-hydrogen) atoms. The first-order valence-electron chi connectivity index (χ1n) is 6.99. The molecule has 0 radical (unpaired) electrons. The first kappa shape index (κ1) is 16.7. The predicted octanol–water partition coefficient (Wildman–Crippen LogP) is 2.18. The van der Waals surface area contributed by atoms with Crippen LogP contribution >= 0.6 is 11.3 Å². The maximum atomic E-state index is 11.6. The van der Waals surface area contributed by atoms with Gasteiger partial charge in [0.2, 0.25) is 0 Å². The van der Waals surface area contributed by atoms with Crippen molar-refractivity contribution in [1.82, 2.24) is 10.9 Å². The molecule has 0 bridgehead atoms. The maximum Gasteiger partial charge on any atom is 0.279 e. The number of carbonyl (C=O) groups excluding carboxylic acids is 3. The minimum absolute atomic E-state index is 0.0468. The van der Waals surface area contributed by atoms with Gasteiger partial charge in [0.15, 0.2) is 12.4 Å². The molecule has 2 amide bonds. The van der Waals surface area contributed by atoms with Crippen LogP contribution in [-0.2, 0) is 4.79 Å². The maximum absolute atomic E-state index is 11.6. The highest BCUT2D eigenvalue weighted by atomic mass is 32.1. The van der Waals surface area contributed by atoms with Gasteiger partial charge in [0.1, 0.15) is 5.75 Å². The number of ether oxygens (including phenoxy) is 1. The monoisotopic (exact) mass is 332 g/mol. The lowest BCUT2D eigenvalue weighted by molar-refractivity contribution is -0.123. The Kier molecular flexibility index (Phi) is 5.87. The molecule has 0 aliphatic carbocycles. The minimum atomic E-state index is -0.483. The van der Waals surface area contributed by atoms with Gasteiger partial charge < -0.3 is 4.74 Å². The van der Waals surface area contributed by atoms with Crippen LogP contribution in [0.25, 0.3) is 0 Å². The molecule has 2 N–H and O–H groups in total. The van der Waals surface area contributed by atoms with Gasteiger partial charge in [0.05, 0.1) is 4.88 Å². The highest BCUT2D eigenvalue weighted by molar-refractivity contribution is 7.12. The summed E-state index contributed by atoms with van der Waals surface area (Å²) in [6, 6.07) is 9.95. The summed E-state index contributed by atoms with van der Waals surface area (Å²) in [5, 5.41) is 1.77. The number of amides is 2. The highest BCUT2D eigenvalue weighted by Crippen LogP contribution is 2.13. The molecule has 1 aromatic carbocycles. The zero-order chi connectivity index (χ0) is 16.7. The number of Topliss-reactive ketones (excluding diaryl/α,β-unsaturated/α-hetero) is 1. The molecule has 6 nitrogen and oxygen atoms in total. The Morgan fingerprint density at radius 1 is 1.09 bits per heavy atom. The van der Waals surface area contributed by atoms with Gasteiger partial charge in [-0.3, -0.25) is 25.2 Å². The lowest BCUT2D eigenvalue weighted by atomic mass is 10.1. The van der Waals surface area contributed by atoms with Gasteiger partial charge in [0, 0.05) is 12.0 Å². The van der Waals surface area contributed by atoms with Crippen molar-refractivity contribution < 1.29 is 19.1 Å². The van der Waals surface area contributed by atoms with E-state index in [0.29, 0.717) is 22.6 Å². The van der Waals surface area contributed by atoms with E-state index in [1.807, 2.05) is 0 Å². The number of rotatable bonds is 6. The van der Waals surface area contributed by atoms with Crippen molar-refractivity contribution in [1.29, 1.82) is 0 Å². The van der Waals surface area contributed by atoms with Crippen LogP contribution in [-0.4, -0.2) is 24.2 Å². The van der Waals surface area contributed by atoms with Crippen LogP contribution in [0, 0.1) is 0 Å². The topological polar surface area (TPSA) is 84.5 Å². The molecule has 120 valence electrons. The van der Waals surface area contributed by atoms with E-state index in [1.165, 1.54) is 11.3 Å². The van der Waals surface area contributed by atoms with E-state index in [2.05, 4.69) is 10.9 Å². The molecule has 0 saturated heterocycles. The molecule has 0 aliphatic rings. The third-order valence-electron chi connectivity index (χ3n) is 2.93. The Bertz CT molecular complexity index is 681. The second-order valence-electron chi connectivity index (χ2n) is 4.57. The Hall–Kier alpha value is -2.67. The molecular formula is C16H16N2O4S. The number of benzene rings is 1. The molecule has 2 rings (SSSR count). The largest absolute Gasteiger partial charge is 0.484 e. The normalized spacial score (nSPS) is 9.96. The Morgan fingerprint density at radius 2 is 1.83 bits per heavy atom. The minimum Gasteiger partial charge on any atom is -0.484 e. The zero-order valence-corrected chi connectivity index (χ0v) is 13.3. The first-order valence-corrected chi connectivity index (χ1v) is 7.87. The molecule has 7 heteroatoms. The van der Waals surface area contributed by atoms with Gasteiger partial charge >= 0.3 is 0 Å². The van der Waals surface area contributed by atoms with E-state index in [9.17, 15) is 14.4 Å². The average molecular weight is 332 g/mol. The quantitative estimate of drug-likeness (QED) is 0.627. The highest BCUT2D eigenvalue weighted by Gasteiger charge is 2.09. The standard InChI is InChI=1S/C16H16N2O4S/c1-2-13(19)11-5-7-12(8-6-11)22-10-15(20)17-18-16(21)14-4-3-9-23-14/h3-9H,2,10H2,1H3,(H,17,20)(H,18,21). The Morgan fingerprint density at radius 3 is 2.43 bits per heavy atom. The molecule has 1 aromatic heterocycles. The lowest BCUT2D eigenvalue weighted by Gasteiger charge is -2.08. The number of ketones is 1. The number of carbonyl (C=O) groups is 3. The van der Waals surface area contributed by atoms with Gasteiger partial charge in [0.25, 0.3) is 11.8 Å². The van der Waals surface area contributed by atoms with Crippen molar-refractivity contribution in [3.63, 3.8) is 0 Å². The van der Waals surface area contributed by atoms with Crippen molar-refractivity contribution in [2.45, 2.75) is 13.3 Å². The van der Waals surface area contributed by atoms with E-state index in [0.717, 1.165) is 0 Å². The van der Waals surface area contributed by atoms with Crippen LogP contribution in [0.1, 0.15) is 33.4 Å². The summed E-state index contributed by atoms with van der Waals surface area (Å²) in [6.07, 6.45) is 0.437. The van der Waals surface area contributed by atoms with E-state index < -0.39 is 5.91 Å². The van der Waals surface area contributed by atoms with E-state index in [4.69, 9.17) is 4.74 Å². The Balaban J connectivity index is 1.76. The second-order valence-corrected chi connectivity index (χ2v) is 5.52. The van der Waals surface area contributed by atoms with Crippen molar-refractivity contribution in [3.8, 4) is 5.75 Å². The van der Waals surface area contributed by atoms with Crippen LogP contribution < -0.4 is 15.6 Å². The third kappa shape index (κ3) is 4.93. The fourth-order valence-electron chi connectivity index (χ4n) is 1.72. The van der Waals surface area contributed by atoms with Crippen LogP contribution in [0.4, 0.5) is 0 Å². The number of thiophene rings is 1. The van der Waals surface area contributed by atoms with E-state index in [1.54, 1.807) is 48.7 Å². The van der Waals surface area contributed by atoms with Crippen LogP contribution in [0.3, 0.4) is 0 Å². The van der Waals surface area contributed by atoms with Crippen LogP contribution in [0.5, 0.6) is 5.75 Å². The fraction of sp³-hybridized carbons (Fsp3) is 0.188. The molecule has 0 aliphatic heterocycles. The molecule has 0 fully saturated rings. The number of hydrogen-bond acceptors (Lipinski definition) is 5. The molecule has 1 heterocycles. The summed E-state index contributed by atoms with van der Waals surface area (Å²) in [4.78, 5) is 35.2. The van der Waals surface area contributed by atoms with Gasteiger partial charge in [-0.05, 0) is 35.7 Å². The van der Waals surface area contributed by atoms with Crippen molar-refractivity contribution >= 4 is 28.9 Å². The van der Waals surface area contributed by atoms with Gasteiger partial charge in [-0.2, -0.15) is 0 Å². The summed E-state index contributed by atoms with van der Waals surface area (Å²) in [5.74, 6) is -0.345. The smallest absolute Gasteiger partial charge is 0.279 e. The SMILES string of the molecule is CCC(=O)c1ccc(OCC(=O)NNC(=O)c2cccs2)cc1. The summed E-state index contributed by atoms with van der Waals surface area (Å²) < 4.78 is 5.29. The van der Waals surface area contributed by atoms with E-state index in [-0.39, 0.29) is 18.3 Å². The summed E-state index contributed by atoms with van der Waals surface area (Å²) in [6.45, 7) is 1.55.